The highest BCUT2D eigenvalue weighted by molar-refractivity contribution is 7.92. The molecule has 2 amide bonds. The Bertz CT molecular complexity index is 1800. The van der Waals surface area contributed by atoms with Crippen molar-refractivity contribution in [2.24, 2.45) is 0 Å². The van der Waals surface area contributed by atoms with Crippen molar-refractivity contribution < 1.29 is 36.3 Å². The van der Waals surface area contributed by atoms with Gasteiger partial charge in [-0.1, -0.05) is 42.5 Å². The molecule has 1 unspecified atom stereocenters. The second-order valence-corrected chi connectivity index (χ2v) is 13.2. The summed E-state index contributed by atoms with van der Waals surface area (Å²) >= 11 is 0. The number of carbonyl (C=O) groups excluding carboxylic acids is 2. The number of anilines is 1. The van der Waals surface area contributed by atoms with Gasteiger partial charge >= 0.3 is 0 Å². The molecule has 246 valence electrons. The lowest BCUT2D eigenvalue weighted by atomic mass is 10.0. The van der Waals surface area contributed by atoms with E-state index in [1.165, 1.54) is 59.5 Å². The number of rotatable bonds is 12. The molecule has 0 radical (unpaired) electrons. The van der Waals surface area contributed by atoms with Gasteiger partial charge in [-0.25, -0.2) is 17.2 Å². The molecule has 0 bridgehead atoms. The van der Waals surface area contributed by atoms with Gasteiger partial charge in [-0.05, 0) is 73.5 Å². The quantitative estimate of drug-likeness (QED) is 0.226. The molecule has 1 aliphatic heterocycles. The molecule has 12 heteroatoms. The third kappa shape index (κ3) is 8.25. The number of halogens is 2. The van der Waals surface area contributed by atoms with E-state index in [0.717, 1.165) is 22.0 Å². The number of sulfonamides is 1. The molecule has 1 heterocycles. The summed E-state index contributed by atoms with van der Waals surface area (Å²) in [5, 5.41) is 2.88. The van der Waals surface area contributed by atoms with Gasteiger partial charge in [0.25, 0.3) is 10.0 Å². The van der Waals surface area contributed by atoms with Crippen molar-refractivity contribution >= 4 is 27.5 Å². The van der Waals surface area contributed by atoms with Gasteiger partial charge in [0.2, 0.25) is 11.8 Å². The highest BCUT2D eigenvalue weighted by Crippen LogP contribution is 2.34. The van der Waals surface area contributed by atoms with E-state index in [1.54, 1.807) is 13.8 Å². The highest BCUT2D eigenvalue weighted by Gasteiger charge is 2.35. The Kier molecular flexibility index (Phi) is 10.4. The first-order valence-corrected chi connectivity index (χ1v) is 16.5. The number of nitrogens with zero attached hydrogens (tertiary/aromatic N) is 2. The van der Waals surface area contributed by atoms with Gasteiger partial charge < -0.3 is 19.7 Å². The molecule has 0 aliphatic carbocycles. The van der Waals surface area contributed by atoms with Gasteiger partial charge in [-0.15, -0.1) is 0 Å². The van der Waals surface area contributed by atoms with Gasteiger partial charge in [0, 0.05) is 25.1 Å². The number of hydrogen-bond acceptors (Lipinski definition) is 6. The maximum Gasteiger partial charge on any atom is 0.264 e. The van der Waals surface area contributed by atoms with E-state index in [-0.39, 0.29) is 41.9 Å². The number of hydrogen-bond donors (Lipinski definition) is 1. The minimum atomic E-state index is -4.45. The molecule has 47 heavy (non-hydrogen) atoms. The lowest BCUT2D eigenvalue weighted by molar-refractivity contribution is -0.140. The summed E-state index contributed by atoms with van der Waals surface area (Å²) in [5.41, 5.74) is 1.33. The van der Waals surface area contributed by atoms with Crippen LogP contribution in [0.2, 0.25) is 0 Å². The second-order valence-electron chi connectivity index (χ2n) is 11.3. The predicted octanol–water partition coefficient (Wildman–Crippen LogP) is 5.10. The molecule has 1 N–H and O–H groups in total. The zero-order valence-corrected chi connectivity index (χ0v) is 26.8. The Balaban J connectivity index is 1.57. The van der Waals surface area contributed by atoms with Gasteiger partial charge in [-0.2, -0.15) is 0 Å². The van der Waals surface area contributed by atoms with Crippen LogP contribution in [-0.2, 0) is 32.6 Å². The summed E-state index contributed by atoms with van der Waals surface area (Å²) < 4.78 is 68.3. The van der Waals surface area contributed by atoms with Gasteiger partial charge in [0.05, 0.1) is 10.6 Å². The van der Waals surface area contributed by atoms with Crippen molar-refractivity contribution in [3.63, 3.8) is 0 Å². The molecule has 1 aliphatic rings. The Hall–Kier alpha value is -4.97. The van der Waals surface area contributed by atoms with Crippen LogP contribution in [0.15, 0.2) is 102 Å². The molecule has 0 spiro atoms. The maximum atomic E-state index is 14.4. The van der Waals surface area contributed by atoms with Crippen LogP contribution in [0.3, 0.4) is 0 Å². The number of carbonyl (C=O) groups is 2. The summed E-state index contributed by atoms with van der Waals surface area (Å²) in [4.78, 5) is 29.3. The summed E-state index contributed by atoms with van der Waals surface area (Å²) in [6.07, 6.45) is 0.123. The lowest BCUT2D eigenvalue weighted by Gasteiger charge is -2.34. The number of fused-ring (bicyclic) bond motifs is 1. The number of nitrogens with one attached hydrogen (secondary N) is 1. The zero-order valence-electron chi connectivity index (χ0n) is 25.9. The van der Waals surface area contributed by atoms with Crippen molar-refractivity contribution in [2.45, 2.75) is 43.8 Å². The fourth-order valence-electron chi connectivity index (χ4n) is 5.17. The summed E-state index contributed by atoms with van der Waals surface area (Å²) in [5.74, 6) is -1.61. The van der Waals surface area contributed by atoms with Crippen molar-refractivity contribution in [1.82, 2.24) is 10.2 Å². The maximum absolute atomic E-state index is 14.4. The average molecular weight is 664 g/mol. The normalized spacial score (nSPS) is 13.1. The number of benzene rings is 4. The van der Waals surface area contributed by atoms with Gasteiger partial charge in [0.15, 0.2) is 11.5 Å². The first kappa shape index (κ1) is 33.4. The third-order valence-corrected chi connectivity index (χ3v) is 9.23. The van der Waals surface area contributed by atoms with Crippen LogP contribution in [0.25, 0.3) is 0 Å². The van der Waals surface area contributed by atoms with E-state index >= 15 is 0 Å². The Labute approximate surface area is 272 Å². The third-order valence-electron chi connectivity index (χ3n) is 7.46. The van der Waals surface area contributed by atoms with E-state index in [4.69, 9.17) is 9.47 Å². The molecule has 4 aromatic rings. The molecular weight excluding hydrogens is 628 g/mol. The average Bonchev–Trinajstić information content (AvgIpc) is 3.06. The molecular formula is C35H35F2N3O6S. The van der Waals surface area contributed by atoms with E-state index in [2.05, 4.69) is 5.32 Å². The Morgan fingerprint density at radius 1 is 0.809 bits per heavy atom. The molecule has 1 atom stereocenters. The fourth-order valence-corrected chi connectivity index (χ4v) is 6.60. The first-order valence-electron chi connectivity index (χ1n) is 15.1. The molecule has 5 rings (SSSR count). The minimum Gasteiger partial charge on any atom is -0.486 e. The van der Waals surface area contributed by atoms with E-state index in [0.29, 0.717) is 17.9 Å². The summed E-state index contributed by atoms with van der Waals surface area (Å²) in [6, 6.07) is 22.1. The largest absolute Gasteiger partial charge is 0.486 e. The second kappa shape index (κ2) is 14.6. The van der Waals surface area contributed by atoms with Crippen molar-refractivity contribution in [1.29, 1.82) is 0 Å². The molecule has 0 aromatic heterocycles. The standard InChI is InChI=1S/C35H35F2N3O6S/c1-24(2)38-35(42)31(20-25-6-4-3-5-7-25)39(22-26-8-10-27(36)11-9-26)34(41)23-40(29-14-12-28(37)13-15-29)47(43,44)30-16-17-32-33(21-30)46-19-18-45-32/h3-17,21,24,31H,18-20,22-23H2,1-2H3,(H,38,42). The van der Waals surface area contributed by atoms with Crippen molar-refractivity contribution in [3.8, 4) is 11.5 Å². The first-order chi connectivity index (χ1) is 22.5. The summed E-state index contributed by atoms with van der Waals surface area (Å²) in [7, 11) is -4.45. The molecule has 4 aromatic carbocycles. The predicted molar refractivity (Wildman–Crippen MR) is 173 cm³/mol. The van der Waals surface area contributed by atoms with Crippen LogP contribution >= 0.6 is 0 Å². The highest BCUT2D eigenvalue weighted by atomic mass is 32.2. The van der Waals surface area contributed by atoms with Gasteiger partial charge in [0.1, 0.15) is 37.4 Å². The number of ether oxygens (including phenoxy) is 2. The SMILES string of the molecule is CC(C)NC(=O)C(Cc1ccccc1)N(Cc1ccc(F)cc1)C(=O)CN(c1ccc(F)cc1)S(=O)(=O)c1ccc2c(c1)OCCO2. The van der Waals surface area contributed by atoms with Crippen LogP contribution in [0.5, 0.6) is 11.5 Å². The molecule has 9 nitrogen and oxygen atoms in total. The Morgan fingerprint density at radius 2 is 1.43 bits per heavy atom. The minimum absolute atomic E-state index is 0.0302. The van der Waals surface area contributed by atoms with Crippen molar-refractivity contribution in [3.05, 3.63) is 120 Å². The van der Waals surface area contributed by atoms with Gasteiger partial charge in [-0.3, -0.25) is 13.9 Å². The van der Waals surface area contributed by atoms with Crippen LogP contribution < -0.4 is 19.1 Å². The monoisotopic (exact) mass is 663 g/mol. The van der Waals surface area contributed by atoms with Crippen LogP contribution in [-0.4, -0.2) is 57.0 Å². The van der Waals surface area contributed by atoms with E-state index < -0.39 is 46.1 Å². The Morgan fingerprint density at radius 3 is 2.06 bits per heavy atom. The molecule has 0 fully saturated rings. The van der Waals surface area contributed by atoms with E-state index in [1.807, 2.05) is 30.3 Å². The van der Waals surface area contributed by atoms with Crippen molar-refractivity contribution in [2.75, 3.05) is 24.1 Å². The lowest BCUT2D eigenvalue weighted by Crippen LogP contribution is -2.54. The smallest absolute Gasteiger partial charge is 0.264 e. The fraction of sp³-hybridized carbons (Fsp3) is 0.257. The van der Waals surface area contributed by atoms with Crippen LogP contribution in [0.4, 0.5) is 14.5 Å². The number of amides is 2. The molecule has 0 saturated carbocycles. The van der Waals surface area contributed by atoms with E-state index in [9.17, 15) is 26.8 Å². The zero-order chi connectivity index (χ0) is 33.6. The molecule has 0 saturated heterocycles. The van der Waals surface area contributed by atoms with Crippen LogP contribution in [0, 0.1) is 11.6 Å². The van der Waals surface area contributed by atoms with Crippen LogP contribution in [0.1, 0.15) is 25.0 Å². The summed E-state index contributed by atoms with van der Waals surface area (Å²) in [6.45, 7) is 3.27. The topological polar surface area (TPSA) is 105 Å².